The van der Waals surface area contributed by atoms with Crippen LogP contribution in [0.15, 0.2) is 28.9 Å². The molecule has 0 bridgehead atoms. The molecular formula is C14H17BrN2S. The Morgan fingerprint density at radius 3 is 2.50 bits per heavy atom. The molecule has 0 aliphatic carbocycles. The number of nitrogens with two attached hydrogens (primary N) is 1. The highest BCUT2D eigenvalue weighted by Crippen LogP contribution is 2.34. The fourth-order valence-corrected chi connectivity index (χ4v) is 3.45. The van der Waals surface area contributed by atoms with Crippen molar-refractivity contribution in [1.82, 2.24) is 4.98 Å². The van der Waals surface area contributed by atoms with E-state index >= 15 is 0 Å². The zero-order valence-electron chi connectivity index (χ0n) is 10.6. The minimum atomic E-state index is 0.494. The van der Waals surface area contributed by atoms with Crippen molar-refractivity contribution in [1.29, 1.82) is 0 Å². The summed E-state index contributed by atoms with van der Waals surface area (Å²) in [7, 11) is 0. The molecule has 2 aromatic rings. The first-order valence-electron chi connectivity index (χ1n) is 6.11. The predicted molar refractivity (Wildman–Crippen MR) is 81.8 cm³/mol. The first kappa shape index (κ1) is 13.7. The largest absolute Gasteiger partial charge is 0.325 e. The van der Waals surface area contributed by atoms with Gasteiger partial charge in [-0.3, -0.25) is 0 Å². The van der Waals surface area contributed by atoms with E-state index in [1.54, 1.807) is 11.3 Å². The fourth-order valence-electron chi connectivity index (χ4n) is 1.81. The van der Waals surface area contributed by atoms with Crippen LogP contribution >= 0.6 is 27.3 Å². The summed E-state index contributed by atoms with van der Waals surface area (Å²) in [6.45, 7) is 4.96. The Bertz CT molecular complexity index is 519. The zero-order valence-corrected chi connectivity index (χ0v) is 13.0. The molecule has 0 amide bonds. The number of thiazole rings is 1. The molecule has 1 unspecified atom stereocenters. The van der Waals surface area contributed by atoms with E-state index in [-0.39, 0.29) is 0 Å². The van der Waals surface area contributed by atoms with E-state index in [1.807, 2.05) is 0 Å². The molecule has 1 aromatic heterocycles. The van der Waals surface area contributed by atoms with Gasteiger partial charge in [0, 0.05) is 6.54 Å². The van der Waals surface area contributed by atoms with Crippen LogP contribution in [-0.4, -0.2) is 4.98 Å². The van der Waals surface area contributed by atoms with Crippen molar-refractivity contribution in [2.24, 2.45) is 5.73 Å². The summed E-state index contributed by atoms with van der Waals surface area (Å²) >= 11 is 5.15. The van der Waals surface area contributed by atoms with Crippen LogP contribution in [-0.2, 0) is 6.54 Å². The molecule has 1 heterocycles. The summed E-state index contributed by atoms with van der Waals surface area (Å²) < 4.78 is 0.893. The molecule has 1 atom stereocenters. The van der Waals surface area contributed by atoms with E-state index in [0.29, 0.717) is 12.5 Å². The molecule has 4 heteroatoms. The van der Waals surface area contributed by atoms with Crippen LogP contribution in [0.4, 0.5) is 0 Å². The van der Waals surface area contributed by atoms with Gasteiger partial charge in [-0.05, 0) is 39.4 Å². The van der Waals surface area contributed by atoms with Gasteiger partial charge in [-0.15, -0.1) is 11.3 Å². The smallest absolute Gasteiger partial charge is 0.125 e. The second-order valence-corrected chi connectivity index (χ2v) is 6.20. The first-order chi connectivity index (χ1) is 8.65. The monoisotopic (exact) mass is 324 g/mol. The van der Waals surface area contributed by atoms with Gasteiger partial charge in [0.2, 0.25) is 0 Å². The number of halogens is 1. The van der Waals surface area contributed by atoms with Crippen molar-refractivity contribution in [3.63, 3.8) is 0 Å². The highest BCUT2D eigenvalue weighted by Gasteiger charge is 2.10. The summed E-state index contributed by atoms with van der Waals surface area (Å²) in [6.07, 6.45) is 1.17. The first-order valence-corrected chi connectivity index (χ1v) is 7.72. The number of hydrogen-bond acceptors (Lipinski definition) is 3. The highest BCUT2D eigenvalue weighted by molar-refractivity contribution is 9.10. The van der Waals surface area contributed by atoms with Crippen molar-refractivity contribution in [2.45, 2.75) is 32.7 Å². The molecule has 1 aromatic carbocycles. The molecule has 96 valence electrons. The minimum Gasteiger partial charge on any atom is -0.325 e. The van der Waals surface area contributed by atoms with E-state index < -0.39 is 0 Å². The Hall–Kier alpha value is -0.710. The van der Waals surface area contributed by atoms with Gasteiger partial charge in [0.15, 0.2) is 0 Å². The molecule has 0 fully saturated rings. The zero-order chi connectivity index (χ0) is 13.1. The molecule has 2 nitrogen and oxygen atoms in total. The summed E-state index contributed by atoms with van der Waals surface area (Å²) in [5.41, 5.74) is 8.21. The topological polar surface area (TPSA) is 38.9 Å². The summed E-state index contributed by atoms with van der Waals surface area (Å²) in [5.74, 6) is 0.614. The van der Waals surface area contributed by atoms with E-state index in [0.717, 1.165) is 14.5 Å². The van der Waals surface area contributed by atoms with E-state index in [1.165, 1.54) is 17.5 Å². The van der Waals surface area contributed by atoms with E-state index in [2.05, 4.69) is 59.0 Å². The highest BCUT2D eigenvalue weighted by atomic mass is 79.9. The Morgan fingerprint density at radius 1 is 1.33 bits per heavy atom. The summed E-state index contributed by atoms with van der Waals surface area (Å²) in [4.78, 5) is 5.55. The van der Waals surface area contributed by atoms with Gasteiger partial charge in [0.25, 0.3) is 0 Å². The second-order valence-electron chi connectivity index (χ2n) is 4.36. The van der Waals surface area contributed by atoms with Crippen molar-refractivity contribution in [2.75, 3.05) is 0 Å². The Morgan fingerprint density at radius 2 is 2.00 bits per heavy atom. The van der Waals surface area contributed by atoms with Crippen LogP contribution in [0, 0.1) is 0 Å². The van der Waals surface area contributed by atoms with Crippen LogP contribution in [0.25, 0.3) is 10.4 Å². The molecule has 0 radical (unpaired) electrons. The molecule has 0 aliphatic rings. The Kier molecular flexibility index (Phi) is 4.54. The lowest BCUT2D eigenvalue weighted by Gasteiger charge is -2.09. The maximum absolute atomic E-state index is 5.62. The van der Waals surface area contributed by atoms with Crippen LogP contribution in [0.5, 0.6) is 0 Å². The van der Waals surface area contributed by atoms with Crippen molar-refractivity contribution < 1.29 is 0 Å². The lowest BCUT2D eigenvalue weighted by atomic mass is 9.97. The third-order valence-electron chi connectivity index (χ3n) is 3.16. The van der Waals surface area contributed by atoms with Crippen LogP contribution in [0.2, 0.25) is 0 Å². The third kappa shape index (κ3) is 2.82. The average molecular weight is 325 g/mol. The van der Waals surface area contributed by atoms with Crippen LogP contribution in [0.1, 0.15) is 36.8 Å². The second kappa shape index (κ2) is 5.95. The Labute approximate surface area is 120 Å². The third-order valence-corrected chi connectivity index (χ3v) is 5.12. The molecule has 0 spiro atoms. The molecular weight excluding hydrogens is 308 g/mol. The predicted octanol–water partition coefficient (Wildman–Crippen LogP) is 4.54. The number of aromatic nitrogens is 1. The summed E-state index contributed by atoms with van der Waals surface area (Å²) in [6, 6.07) is 8.75. The minimum absolute atomic E-state index is 0.494. The normalized spacial score (nSPS) is 12.7. The van der Waals surface area contributed by atoms with Crippen molar-refractivity contribution in [3.05, 3.63) is 39.4 Å². The quantitative estimate of drug-likeness (QED) is 0.896. The SMILES string of the molecule is CCC(C)c1ccc(-c2sc(CN)nc2Br)cc1. The van der Waals surface area contributed by atoms with Gasteiger partial charge in [0.05, 0.1) is 4.88 Å². The fraction of sp³-hybridized carbons (Fsp3) is 0.357. The van der Waals surface area contributed by atoms with E-state index in [9.17, 15) is 0 Å². The number of rotatable bonds is 4. The van der Waals surface area contributed by atoms with Crippen molar-refractivity contribution >= 4 is 27.3 Å². The Balaban J connectivity index is 2.31. The molecule has 2 rings (SSSR count). The number of nitrogens with zero attached hydrogens (tertiary/aromatic N) is 1. The van der Waals surface area contributed by atoms with Gasteiger partial charge < -0.3 is 5.73 Å². The average Bonchev–Trinajstić information content (AvgIpc) is 2.79. The lowest BCUT2D eigenvalue weighted by molar-refractivity contribution is 0.734. The maximum atomic E-state index is 5.62. The van der Waals surface area contributed by atoms with Gasteiger partial charge in [0.1, 0.15) is 9.61 Å². The molecule has 0 saturated heterocycles. The van der Waals surface area contributed by atoms with Crippen LogP contribution < -0.4 is 5.73 Å². The van der Waals surface area contributed by atoms with Gasteiger partial charge in [-0.1, -0.05) is 38.1 Å². The molecule has 0 aliphatic heterocycles. The molecule has 0 saturated carbocycles. The van der Waals surface area contributed by atoms with Crippen molar-refractivity contribution in [3.8, 4) is 10.4 Å². The molecule has 2 N–H and O–H groups in total. The summed E-state index contributed by atoms with van der Waals surface area (Å²) in [5, 5.41) is 0.961. The van der Waals surface area contributed by atoms with Gasteiger partial charge in [-0.2, -0.15) is 0 Å². The lowest BCUT2D eigenvalue weighted by Crippen LogP contribution is -1.93. The van der Waals surface area contributed by atoms with Gasteiger partial charge >= 0.3 is 0 Å². The number of benzene rings is 1. The molecule has 18 heavy (non-hydrogen) atoms. The van der Waals surface area contributed by atoms with Gasteiger partial charge in [-0.25, -0.2) is 4.98 Å². The van der Waals surface area contributed by atoms with E-state index in [4.69, 9.17) is 5.73 Å². The standard InChI is InChI=1S/C14H17BrN2S/c1-3-9(2)10-4-6-11(7-5-10)13-14(15)17-12(8-16)18-13/h4-7,9H,3,8,16H2,1-2H3. The number of hydrogen-bond donors (Lipinski definition) is 1. The van der Waals surface area contributed by atoms with Crippen LogP contribution in [0.3, 0.4) is 0 Å². The maximum Gasteiger partial charge on any atom is 0.125 e.